The van der Waals surface area contributed by atoms with Gasteiger partial charge in [-0.3, -0.25) is 14.2 Å². The zero-order valence-corrected chi connectivity index (χ0v) is 13.6. The molecule has 1 aliphatic heterocycles. The number of rotatable bonds is 3. The Labute approximate surface area is 146 Å². The van der Waals surface area contributed by atoms with Crippen molar-refractivity contribution in [2.45, 2.75) is 13.1 Å². The molecule has 0 amide bonds. The molecule has 2 heterocycles. The molecule has 0 spiro atoms. The van der Waals surface area contributed by atoms with Crippen molar-refractivity contribution in [3.63, 3.8) is 0 Å². The van der Waals surface area contributed by atoms with Gasteiger partial charge in [-0.25, -0.2) is 13.5 Å². The summed E-state index contributed by atoms with van der Waals surface area (Å²) in [6.45, 7) is 0.581. The van der Waals surface area contributed by atoms with E-state index < -0.39 is 16.9 Å². The van der Waals surface area contributed by atoms with Gasteiger partial charge in [0.2, 0.25) is 5.95 Å². The molecule has 0 bridgehead atoms. The van der Waals surface area contributed by atoms with Crippen LogP contribution in [-0.4, -0.2) is 20.9 Å². The van der Waals surface area contributed by atoms with Gasteiger partial charge in [-0.2, -0.15) is 0 Å². The van der Waals surface area contributed by atoms with Crippen molar-refractivity contribution in [2.24, 2.45) is 0 Å². The Kier molecular flexibility index (Phi) is 3.87. The third-order valence-electron chi connectivity index (χ3n) is 4.32. The second-order valence-electron chi connectivity index (χ2n) is 5.94. The molecule has 0 saturated carbocycles. The molecule has 0 atom stereocenters. The Hall–Kier alpha value is -3.29. The highest BCUT2D eigenvalue weighted by molar-refractivity contribution is 5.58. The Morgan fingerprint density at radius 2 is 1.65 bits per heavy atom. The van der Waals surface area contributed by atoms with Gasteiger partial charge < -0.3 is 4.90 Å². The van der Waals surface area contributed by atoms with Gasteiger partial charge in [0, 0.05) is 24.3 Å². The molecule has 0 saturated heterocycles. The molecule has 0 fully saturated rings. The molecule has 0 aliphatic carbocycles. The Morgan fingerprint density at radius 3 is 2.38 bits per heavy atom. The highest BCUT2D eigenvalue weighted by Crippen LogP contribution is 2.26. The topological polar surface area (TPSA) is 60.1 Å². The monoisotopic (exact) mass is 356 g/mol. The maximum absolute atomic E-state index is 13.9. The van der Waals surface area contributed by atoms with E-state index in [1.807, 2.05) is 0 Å². The molecule has 1 aliphatic rings. The number of benzene rings is 2. The van der Waals surface area contributed by atoms with Crippen LogP contribution in [0.25, 0.3) is 0 Å². The van der Waals surface area contributed by atoms with E-state index in [0.29, 0.717) is 18.8 Å². The zero-order valence-electron chi connectivity index (χ0n) is 13.6. The van der Waals surface area contributed by atoms with E-state index in [4.69, 9.17) is 0 Å². The van der Waals surface area contributed by atoms with Gasteiger partial charge in [0.05, 0.1) is 6.54 Å². The first-order valence-electron chi connectivity index (χ1n) is 8.03. The number of aromatic nitrogens is 3. The van der Waals surface area contributed by atoms with Crippen LogP contribution < -0.4 is 16.0 Å². The average Bonchev–Trinajstić information content (AvgIpc) is 3.06. The fourth-order valence-corrected chi connectivity index (χ4v) is 2.99. The minimum absolute atomic E-state index is 0.147. The molecular weight excluding hydrogens is 342 g/mol. The van der Waals surface area contributed by atoms with Crippen LogP contribution in [-0.2, 0) is 13.1 Å². The number of halogens is 2. The van der Waals surface area contributed by atoms with Gasteiger partial charge in [0.1, 0.15) is 11.6 Å². The van der Waals surface area contributed by atoms with Crippen LogP contribution in [0.15, 0.2) is 58.1 Å². The predicted octanol–water partition coefficient (Wildman–Crippen LogP) is 1.88. The van der Waals surface area contributed by atoms with Crippen LogP contribution in [0.5, 0.6) is 0 Å². The smallest absolute Gasteiger partial charge is 0.309 e. The number of hydrogen-bond donors (Lipinski definition) is 0. The number of nitrogens with zero attached hydrogens (tertiary/aromatic N) is 4. The lowest BCUT2D eigenvalue weighted by molar-refractivity contribution is 0.555. The Bertz CT molecular complexity index is 1090. The van der Waals surface area contributed by atoms with Crippen molar-refractivity contribution in [1.29, 1.82) is 0 Å². The summed E-state index contributed by atoms with van der Waals surface area (Å²) in [5, 5.41) is 4.26. The van der Waals surface area contributed by atoms with Gasteiger partial charge >= 0.3 is 11.1 Å². The number of hydrogen-bond acceptors (Lipinski definition) is 4. The van der Waals surface area contributed by atoms with Crippen molar-refractivity contribution >= 4 is 11.6 Å². The van der Waals surface area contributed by atoms with Gasteiger partial charge in [-0.15, -0.1) is 5.10 Å². The van der Waals surface area contributed by atoms with Gasteiger partial charge in [0.15, 0.2) is 0 Å². The predicted molar refractivity (Wildman–Crippen MR) is 91.7 cm³/mol. The largest absolute Gasteiger partial charge is 0.333 e. The fraction of sp³-hybridized carbons (Fsp3) is 0.167. The molecule has 3 aromatic rings. The molecule has 0 unspecified atom stereocenters. The van der Waals surface area contributed by atoms with Crippen molar-refractivity contribution in [3.8, 4) is 0 Å². The zero-order chi connectivity index (χ0) is 18.3. The fourth-order valence-electron chi connectivity index (χ4n) is 2.99. The Balaban J connectivity index is 1.79. The number of anilines is 2. The molecule has 132 valence electrons. The maximum Gasteiger partial charge on any atom is 0.333 e. The molecule has 0 radical (unpaired) electrons. The van der Waals surface area contributed by atoms with Crippen LogP contribution in [0.2, 0.25) is 0 Å². The van der Waals surface area contributed by atoms with Gasteiger partial charge in [0.25, 0.3) is 0 Å². The molecule has 0 N–H and O–H groups in total. The summed E-state index contributed by atoms with van der Waals surface area (Å²) >= 11 is 0. The first kappa shape index (κ1) is 16.2. The highest BCUT2D eigenvalue weighted by Gasteiger charge is 2.26. The van der Waals surface area contributed by atoms with Gasteiger partial charge in [-0.05, 0) is 30.3 Å². The van der Waals surface area contributed by atoms with E-state index in [1.54, 1.807) is 29.2 Å². The minimum atomic E-state index is -0.807. The van der Waals surface area contributed by atoms with E-state index in [2.05, 4.69) is 5.10 Å². The average molecular weight is 356 g/mol. The second kappa shape index (κ2) is 6.21. The van der Waals surface area contributed by atoms with E-state index >= 15 is 0 Å². The molecule has 26 heavy (non-hydrogen) atoms. The molecular formula is C18H14F2N4O2. The molecule has 4 rings (SSSR count). The van der Waals surface area contributed by atoms with E-state index in [-0.39, 0.29) is 23.9 Å². The van der Waals surface area contributed by atoms with E-state index in [9.17, 15) is 18.4 Å². The van der Waals surface area contributed by atoms with E-state index in [1.165, 1.54) is 28.8 Å². The minimum Gasteiger partial charge on any atom is -0.309 e. The summed E-state index contributed by atoms with van der Waals surface area (Å²) in [4.78, 5) is 26.4. The Morgan fingerprint density at radius 1 is 0.923 bits per heavy atom. The van der Waals surface area contributed by atoms with Crippen molar-refractivity contribution in [1.82, 2.24) is 14.3 Å². The van der Waals surface area contributed by atoms with Crippen LogP contribution in [0.1, 0.15) is 5.56 Å². The molecule has 1 aromatic heterocycles. The van der Waals surface area contributed by atoms with Crippen LogP contribution in [0.4, 0.5) is 20.4 Å². The molecule has 8 heteroatoms. The summed E-state index contributed by atoms with van der Waals surface area (Å²) in [5.41, 5.74) is -0.604. The summed E-state index contributed by atoms with van der Waals surface area (Å²) in [6, 6.07) is 11.8. The van der Waals surface area contributed by atoms with Crippen molar-refractivity contribution in [3.05, 3.63) is 86.4 Å². The molecule has 6 nitrogen and oxygen atoms in total. The van der Waals surface area contributed by atoms with Crippen LogP contribution in [0.3, 0.4) is 0 Å². The maximum atomic E-state index is 13.9. The van der Waals surface area contributed by atoms with Crippen LogP contribution >= 0.6 is 0 Å². The van der Waals surface area contributed by atoms with Crippen LogP contribution in [0, 0.1) is 11.6 Å². The van der Waals surface area contributed by atoms with Crippen molar-refractivity contribution in [2.75, 3.05) is 11.4 Å². The highest BCUT2D eigenvalue weighted by atomic mass is 19.1. The standard InChI is InChI=1S/C18H14F2N4O2/c19-13-5-7-14(8-6-13)22-9-10-23-16(25)17(26)24(21-18(22)23)11-12-3-1-2-4-15(12)20/h1-8H,9-11H2. The lowest BCUT2D eigenvalue weighted by Crippen LogP contribution is -2.42. The quantitative estimate of drug-likeness (QED) is 0.673. The summed E-state index contributed by atoms with van der Waals surface area (Å²) in [5.74, 6) is -0.572. The first-order chi connectivity index (χ1) is 12.5. The van der Waals surface area contributed by atoms with Gasteiger partial charge in [-0.1, -0.05) is 18.2 Å². The second-order valence-corrected chi connectivity index (χ2v) is 5.94. The van der Waals surface area contributed by atoms with E-state index in [0.717, 1.165) is 4.68 Å². The SMILES string of the molecule is O=c1c(=O)n2c(nn1Cc1ccccc1F)N(c1ccc(F)cc1)CC2. The third-order valence-corrected chi connectivity index (χ3v) is 4.32. The first-order valence-corrected chi connectivity index (χ1v) is 8.03. The lowest BCUT2D eigenvalue weighted by Gasteiger charge is -2.18. The number of fused-ring (bicyclic) bond motifs is 1. The summed E-state index contributed by atoms with van der Waals surface area (Å²) in [7, 11) is 0. The summed E-state index contributed by atoms with van der Waals surface area (Å²) < 4.78 is 29.3. The van der Waals surface area contributed by atoms with Crippen molar-refractivity contribution < 1.29 is 8.78 Å². The lowest BCUT2D eigenvalue weighted by atomic mass is 10.2. The molecule has 2 aromatic carbocycles. The normalized spacial score (nSPS) is 13.1. The third kappa shape index (κ3) is 2.69. The summed E-state index contributed by atoms with van der Waals surface area (Å²) in [6.07, 6.45) is 0.